The molecule has 2 amide bonds. The largest absolute Gasteiger partial charge is 0.322 e. The Labute approximate surface area is 161 Å². The minimum atomic E-state index is -3.21. The Morgan fingerprint density at radius 3 is 2.30 bits per heavy atom. The molecule has 27 heavy (non-hydrogen) atoms. The second-order valence-electron chi connectivity index (χ2n) is 8.13. The standard InChI is InChI=1S/C21H26N2O3S/c1-21(2,3)17-6-8-18(9-7-17)22-20(24)23-12-11-15-13-19(27(4,25)26)10-5-16(15)14-23/h5-10,13H,11-12,14H2,1-4H3,(H,22,24). The number of rotatable bonds is 2. The molecule has 2 aromatic carbocycles. The van der Waals surface area contributed by atoms with Gasteiger partial charge in [0.25, 0.3) is 0 Å². The molecule has 0 radical (unpaired) electrons. The number of amides is 2. The van der Waals surface area contributed by atoms with Gasteiger partial charge in [0, 0.05) is 25.0 Å². The van der Waals surface area contributed by atoms with Gasteiger partial charge in [0.05, 0.1) is 4.90 Å². The highest BCUT2D eigenvalue weighted by Crippen LogP contribution is 2.25. The van der Waals surface area contributed by atoms with E-state index >= 15 is 0 Å². The zero-order chi connectivity index (χ0) is 19.8. The van der Waals surface area contributed by atoms with Gasteiger partial charge in [-0.25, -0.2) is 13.2 Å². The van der Waals surface area contributed by atoms with Gasteiger partial charge in [-0.15, -0.1) is 0 Å². The first kappa shape index (κ1) is 19.4. The van der Waals surface area contributed by atoms with E-state index in [0.29, 0.717) is 24.4 Å². The van der Waals surface area contributed by atoms with Crippen molar-refractivity contribution in [3.63, 3.8) is 0 Å². The van der Waals surface area contributed by atoms with E-state index in [0.717, 1.165) is 16.8 Å². The number of nitrogens with zero attached hydrogens (tertiary/aromatic N) is 1. The van der Waals surface area contributed by atoms with Crippen molar-refractivity contribution in [2.75, 3.05) is 18.1 Å². The van der Waals surface area contributed by atoms with E-state index in [9.17, 15) is 13.2 Å². The van der Waals surface area contributed by atoms with Crippen LogP contribution >= 0.6 is 0 Å². The van der Waals surface area contributed by atoms with Crippen molar-refractivity contribution < 1.29 is 13.2 Å². The van der Waals surface area contributed by atoms with Crippen LogP contribution < -0.4 is 5.32 Å². The third kappa shape index (κ3) is 4.50. The molecule has 1 aliphatic rings. The van der Waals surface area contributed by atoms with E-state index in [1.165, 1.54) is 11.8 Å². The lowest BCUT2D eigenvalue weighted by atomic mass is 9.87. The van der Waals surface area contributed by atoms with Crippen LogP contribution in [0.25, 0.3) is 0 Å². The van der Waals surface area contributed by atoms with Crippen LogP contribution in [0.5, 0.6) is 0 Å². The average molecular weight is 387 g/mol. The maximum atomic E-state index is 12.6. The molecule has 0 aromatic heterocycles. The third-order valence-electron chi connectivity index (χ3n) is 4.91. The third-order valence-corrected chi connectivity index (χ3v) is 6.02. The van der Waals surface area contributed by atoms with Gasteiger partial charge in [0.15, 0.2) is 9.84 Å². The molecule has 5 nitrogen and oxygen atoms in total. The summed E-state index contributed by atoms with van der Waals surface area (Å²) in [5, 5.41) is 2.95. The van der Waals surface area contributed by atoms with E-state index in [1.807, 2.05) is 30.3 Å². The Hall–Kier alpha value is -2.34. The molecule has 0 unspecified atom stereocenters. The van der Waals surface area contributed by atoms with Gasteiger partial charge in [-0.1, -0.05) is 39.0 Å². The SMILES string of the molecule is CC(C)(C)c1ccc(NC(=O)N2CCc3cc(S(C)(=O)=O)ccc3C2)cc1. The van der Waals surface area contributed by atoms with Crippen LogP contribution in [0, 0.1) is 0 Å². The zero-order valence-electron chi connectivity index (χ0n) is 16.2. The Morgan fingerprint density at radius 1 is 1.04 bits per heavy atom. The molecule has 0 bridgehead atoms. The summed E-state index contributed by atoms with van der Waals surface area (Å²) in [7, 11) is -3.21. The first-order valence-electron chi connectivity index (χ1n) is 9.02. The predicted molar refractivity (Wildman–Crippen MR) is 108 cm³/mol. The fraction of sp³-hybridized carbons (Fsp3) is 0.381. The fourth-order valence-corrected chi connectivity index (χ4v) is 3.86. The van der Waals surface area contributed by atoms with Crippen LogP contribution in [0.2, 0.25) is 0 Å². The molecule has 0 saturated heterocycles. The molecule has 0 atom stereocenters. The lowest BCUT2D eigenvalue weighted by molar-refractivity contribution is 0.206. The molecular formula is C21H26N2O3S. The van der Waals surface area contributed by atoms with Crippen molar-refractivity contribution in [3.8, 4) is 0 Å². The maximum Gasteiger partial charge on any atom is 0.322 e. The van der Waals surface area contributed by atoms with E-state index in [4.69, 9.17) is 0 Å². The summed E-state index contributed by atoms with van der Waals surface area (Å²) in [5.74, 6) is 0. The summed E-state index contributed by atoms with van der Waals surface area (Å²) in [6.07, 6.45) is 1.86. The van der Waals surface area contributed by atoms with Crippen LogP contribution in [0.1, 0.15) is 37.5 Å². The summed E-state index contributed by atoms with van der Waals surface area (Å²) >= 11 is 0. The number of hydrogen-bond donors (Lipinski definition) is 1. The average Bonchev–Trinajstić information content (AvgIpc) is 2.59. The molecule has 0 saturated carbocycles. The minimum Gasteiger partial charge on any atom is -0.320 e. The van der Waals surface area contributed by atoms with Crippen LogP contribution in [0.4, 0.5) is 10.5 Å². The smallest absolute Gasteiger partial charge is 0.320 e. The van der Waals surface area contributed by atoms with Gasteiger partial charge in [0.1, 0.15) is 0 Å². The lowest BCUT2D eigenvalue weighted by Crippen LogP contribution is -2.38. The molecule has 1 heterocycles. The fourth-order valence-electron chi connectivity index (χ4n) is 3.19. The lowest BCUT2D eigenvalue weighted by Gasteiger charge is -2.29. The first-order valence-corrected chi connectivity index (χ1v) is 10.9. The van der Waals surface area contributed by atoms with Crippen molar-refractivity contribution in [1.29, 1.82) is 0 Å². The topological polar surface area (TPSA) is 66.5 Å². The van der Waals surface area contributed by atoms with Gasteiger partial charge in [0.2, 0.25) is 0 Å². The van der Waals surface area contributed by atoms with Crippen LogP contribution in [0.15, 0.2) is 47.4 Å². The van der Waals surface area contributed by atoms with Crippen molar-refractivity contribution in [2.45, 2.75) is 44.0 Å². The van der Waals surface area contributed by atoms with Gasteiger partial charge >= 0.3 is 6.03 Å². The minimum absolute atomic E-state index is 0.0734. The molecule has 2 aromatic rings. The second kappa shape index (κ2) is 7.00. The van der Waals surface area contributed by atoms with Crippen LogP contribution in [-0.4, -0.2) is 32.1 Å². The molecule has 0 fully saturated rings. The maximum absolute atomic E-state index is 12.6. The van der Waals surface area contributed by atoms with E-state index in [-0.39, 0.29) is 11.4 Å². The predicted octanol–water partition coefficient (Wildman–Crippen LogP) is 3.98. The molecule has 144 valence electrons. The number of fused-ring (bicyclic) bond motifs is 1. The summed E-state index contributed by atoms with van der Waals surface area (Å²) in [6.45, 7) is 7.50. The molecule has 0 aliphatic carbocycles. The summed E-state index contributed by atoms with van der Waals surface area (Å²) in [4.78, 5) is 14.7. The Morgan fingerprint density at radius 2 is 1.70 bits per heavy atom. The quantitative estimate of drug-likeness (QED) is 0.849. The molecule has 1 aliphatic heterocycles. The Balaban J connectivity index is 1.69. The number of benzene rings is 2. The number of carbonyl (C=O) groups excluding carboxylic acids is 1. The van der Waals surface area contributed by atoms with Gasteiger partial charge in [-0.05, 0) is 52.8 Å². The van der Waals surface area contributed by atoms with Crippen molar-refractivity contribution in [3.05, 3.63) is 59.2 Å². The Bertz CT molecular complexity index is 958. The number of hydrogen-bond acceptors (Lipinski definition) is 3. The molecule has 6 heteroatoms. The van der Waals surface area contributed by atoms with Gasteiger partial charge in [-0.2, -0.15) is 0 Å². The van der Waals surface area contributed by atoms with Gasteiger partial charge < -0.3 is 10.2 Å². The molecule has 0 spiro atoms. The molecular weight excluding hydrogens is 360 g/mol. The highest BCUT2D eigenvalue weighted by molar-refractivity contribution is 7.90. The number of anilines is 1. The highest BCUT2D eigenvalue weighted by atomic mass is 32.2. The summed E-state index contributed by atoms with van der Waals surface area (Å²) in [5.41, 5.74) is 4.05. The summed E-state index contributed by atoms with van der Waals surface area (Å²) in [6, 6.07) is 12.9. The van der Waals surface area contributed by atoms with Crippen molar-refractivity contribution >= 4 is 21.6 Å². The molecule has 1 N–H and O–H groups in total. The Kier molecular flexibility index (Phi) is 5.04. The number of urea groups is 1. The highest BCUT2D eigenvalue weighted by Gasteiger charge is 2.22. The van der Waals surface area contributed by atoms with Crippen LogP contribution in [0.3, 0.4) is 0 Å². The second-order valence-corrected chi connectivity index (χ2v) is 10.1. The van der Waals surface area contributed by atoms with Crippen molar-refractivity contribution in [1.82, 2.24) is 4.90 Å². The van der Waals surface area contributed by atoms with Crippen molar-refractivity contribution in [2.24, 2.45) is 0 Å². The van der Waals surface area contributed by atoms with Gasteiger partial charge in [-0.3, -0.25) is 0 Å². The van der Waals surface area contributed by atoms with E-state index in [2.05, 4.69) is 26.1 Å². The van der Waals surface area contributed by atoms with Crippen LogP contribution in [-0.2, 0) is 28.2 Å². The summed E-state index contributed by atoms with van der Waals surface area (Å²) < 4.78 is 23.4. The van der Waals surface area contributed by atoms with E-state index < -0.39 is 9.84 Å². The number of carbonyl (C=O) groups is 1. The first-order chi connectivity index (χ1) is 12.5. The normalized spacial score (nSPS) is 14.6. The molecule has 3 rings (SSSR count). The number of sulfone groups is 1. The zero-order valence-corrected chi connectivity index (χ0v) is 17.1. The monoisotopic (exact) mass is 386 g/mol. The van der Waals surface area contributed by atoms with E-state index in [1.54, 1.807) is 17.0 Å². The number of nitrogens with one attached hydrogen (secondary N) is 1.